The second kappa shape index (κ2) is 7.60. The number of nitriles is 1. The summed E-state index contributed by atoms with van der Waals surface area (Å²) < 4.78 is 5.10. The van der Waals surface area contributed by atoms with Crippen LogP contribution in [0.1, 0.15) is 48.5 Å². The molecule has 1 atom stereocenters. The Morgan fingerprint density at radius 2 is 2.23 bits per heavy atom. The van der Waals surface area contributed by atoms with Gasteiger partial charge in [-0.15, -0.1) is 0 Å². The normalized spacial score (nSPS) is 17.6. The van der Waals surface area contributed by atoms with Crippen molar-refractivity contribution in [1.29, 1.82) is 5.26 Å². The molecule has 1 aromatic carbocycles. The number of likely N-dealkylation sites (tertiary alicyclic amines) is 1. The zero-order chi connectivity index (χ0) is 15.9. The summed E-state index contributed by atoms with van der Waals surface area (Å²) >= 11 is 0. The summed E-state index contributed by atoms with van der Waals surface area (Å²) in [7, 11) is 0. The minimum Gasteiger partial charge on any atom is -0.452 e. The van der Waals surface area contributed by atoms with Gasteiger partial charge >= 0.3 is 5.97 Å². The Kier molecular flexibility index (Phi) is 5.54. The number of ether oxygens (including phenoxy) is 1. The number of piperidine rings is 1. The maximum atomic E-state index is 12.2. The van der Waals surface area contributed by atoms with E-state index in [0.717, 1.165) is 32.2 Å². The van der Waals surface area contributed by atoms with E-state index in [1.54, 1.807) is 18.2 Å². The van der Waals surface area contributed by atoms with E-state index >= 15 is 0 Å². The van der Waals surface area contributed by atoms with Gasteiger partial charge in [0.25, 0.3) is 5.91 Å². The smallest absolute Gasteiger partial charge is 0.338 e. The van der Waals surface area contributed by atoms with Gasteiger partial charge in [-0.1, -0.05) is 13.0 Å². The van der Waals surface area contributed by atoms with E-state index < -0.39 is 5.97 Å². The molecule has 116 valence electrons. The summed E-state index contributed by atoms with van der Waals surface area (Å²) in [4.78, 5) is 26.0. The third-order valence-corrected chi connectivity index (χ3v) is 3.97. The van der Waals surface area contributed by atoms with Gasteiger partial charge in [0.15, 0.2) is 6.61 Å². The van der Waals surface area contributed by atoms with Gasteiger partial charge < -0.3 is 9.64 Å². The second-order valence-electron chi connectivity index (χ2n) is 5.41. The number of nitrogens with zero attached hydrogens (tertiary/aromatic N) is 2. The summed E-state index contributed by atoms with van der Waals surface area (Å²) in [5, 5.41) is 8.83. The molecule has 1 heterocycles. The van der Waals surface area contributed by atoms with Gasteiger partial charge in [-0.3, -0.25) is 4.79 Å². The van der Waals surface area contributed by atoms with Gasteiger partial charge in [0, 0.05) is 12.6 Å². The highest BCUT2D eigenvalue weighted by Gasteiger charge is 2.26. The van der Waals surface area contributed by atoms with E-state index in [0.29, 0.717) is 5.56 Å². The Morgan fingerprint density at radius 3 is 2.95 bits per heavy atom. The van der Waals surface area contributed by atoms with Crippen LogP contribution in [0.3, 0.4) is 0 Å². The number of carbonyl (C=O) groups is 2. The van der Waals surface area contributed by atoms with Crippen molar-refractivity contribution < 1.29 is 14.3 Å². The molecule has 0 unspecified atom stereocenters. The Morgan fingerprint density at radius 1 is 1.41 bits per heavy atom. The van der Waals surface area contributed by atoms with E-state index in [1.165, 1.54) is 6.07 Å². The lowest BCUT2D eigenvalue weighted by Gasteiger charge is -2.35. The van der Waals surface area contributed by atoms with Crippen LogP contribution in [0.2, 0.25) is 0 Å². The van der Waals surface area contributed by atoms with E-state index in [-0.39, 0.29) is 24.1 Å². The van der Waals surface area contributed by atoms with E-state index in [2.05, 4.69) is 6.92 Å². The molecule has 22 heavy (non-hydrogen) atoms. The van der Waals surface area contributed by atoms with E-state index in [9.17, 15) is 9.59 Å². The van der Waals surface area contributed by atoms with Gasteiger partial charge in [-0.05, 0) is 43.9 Å². The number of amides is 1. The van der Waals surface area contributed by atoms with Crippen LogP contribution in [-0.4, -0.2) is 36.0 Å². The second-order valence-corrected chi connectivity index (χ2v) is 5.41. The maximum absolute atomic E-state index is 12.2. The van der Waals surface area contributed by atoms with Crippen LogP contribution in [0.25, 0.3) is 0 Å². The van der Waals surface area contributed by atoms with Gasteiger partial charge in [0.1, 0.15) is 0 Å². The fourth-order valence-electron chi connectivity index (χ4n) is 2.76. The summed E-state index contributed by atoms with van der Waals surface area (Å²) in [6.07, 6.45) is 4.08. The molecule has 5 nitrogen and oxygen atoms in total. The average Bonchev–Trinajstić information content (AvgIpc) is 2.59. The number of hydrogen-bond acceptors (Lipinski definition) is 4. The Bertz CT molecular complexity index is 592. The van der Waals surface area contributed by atoms with Crippen molar-refractivity contribution in [3.63, 3.8) is 0 Å². The minimum atomic E-state index is -0.574. The van der Waals surface area contributed by atoms with Crippen LogP contribution in [0, 0.1) is 11.3 Å². The molecule has 1 aliphatic rings. The first-order chi connectivity index (χ1) is 10.7. The van der Waals surface area contributed by atoms with Crippen molar-refractivity contribution in [2.75, 3.05) is 13.2 Å². The van der Waals surface area contributed by atoms with E-state index in [4.69, 9.17) is 10.00 Å². The molecule has 0 saturated carbocycles. The zero-order valence-electron chi connectivity index (χ0n) is 12.7. The van der Waals surface area contributed by atoms with Crippen molar-refractivity contribution in [1.82, 2.24) is 4.90 Å². The molecule has 5 heteroatoms. The molecular weight excluding hydrogens is 280 g/mol. The van der Waals surface area contributed by atoms with Crippen LogP contribution in [0.5, 0.6) is 0 Å². The minimum absolute atomic E-state index is 0.142. The Balaban J connectivity index is 1.92. The molecule has 1 aromatic rings. The summed E-state index contributed by atoms with van der Waals surface area (Å²) in [6.45, 7) is 2.56. The van der Waals surface area contributed by atoms with Crippen molar-refractivity contribution in [3.05, 3.63) is 35.4 Å². The predicted octanol–water partition coefficient (Wildman–Crippen LogP) is 2.51. The molecule has 0 radical (unpaired) electrons. The molecule has 0 aliphatic carbocycles. The molecular formula is C17H20N2O3. The summed E-state index contributed by atoms with van der Waals surface area (Å²) in [5.74, 6) is -0.716. The van der Waals surface area contributed by atoms with Crippen LogP contribution >= 0.6 is 0 Å². The number of esters is 1. The SMILES string of the molecule is CC[C@@H]1CCCCN1C(=O)COC(=O)c1cccc(C#N)c1. The molecule has 0 spiro atoms. The highest BCUT2D eigenvalue weighted by atomic mass is 16.5. The fraction of sp³-hybridized carbons (Fsp3) is 0.471. The largest absolute Gasteiger partial charge is 0.452 e. The fourth-order valence-corrected chi connectivity index (χ4v) is 2.76. The molecule has 2 rings (SSSR count). The molecule has 0 aromatic heterocycles. The van der Waals surface area contributed by atoms with Crippen LogP contribution in [0.15, 0.2) is 24.3 Å². The standard InChI is InChI=1S/C17H20N2O3/c1-2-15-8-3-4-9-19(15)16(20)12-22-17(21)14-7-5-6-13(10-14)11-18/h5-7,10,15H,2-4,8-9,12H2,1H3/t15-/m1/s1. The quantitative estimate of drug-likeness (QED) is 0.801. The number of rotatable bonds is 4. The lowest BCUT2D eigenvalue weighted by atomic mass is 10.00. The monoisotopic (exact) mass is 300 g/mol. The Hall–Kier alpha value is -2.35. The van der Waals surface area contributed by atoms with Gasteiger partial charge in [-0.25, -0.2) is 4.79 Å². The highest BCUT2D eigenvalue weighted by Crippen LogP contribution is 2.19. The lowest BCUT2D eigenvalue weighted by molar-refractivity contribution is -0.138. The summed E-state index contributed by atoms with van der Waals surface area (Å²) in [6, 6.07) is 8.49. The van der Waals surface area contributed by atoms with Gasteiger partial charge in [0.05, 0.1) is 17.2 Å². The highest BCUT2D eigenvalue weighted by molar-refractivity contribution is 5.91. The van der Waals surface area contributed by atoms with E-state index in [1.807, 2.05) is 11.0 Å². The number of benzene rings is 1. The van der Waals surface area contributed by atoms with Crippen molar-refractivity contribution in [3.8, 4) is 6.07 Å². The average molecular weight is 300 g/mol. The molecule has 1 aliphatic heterocycles. The number of carbonyl (C=O) groups excluding carboxylic acids is 2. The molecule has 1 saturated heterocycles. The van der Waals surface area contributed by atoms with Gasteiger partial charge in [0.2, 0.25) is 0 Å². The first kappa shape index (κ1) is 16.0. The molecule has 0 bridgehead atoms. The molecule has 1 fully saturated rings. The van der Waals surface area contributed by atoms with Crippen molar-refractivity contribution in [2.24, 2.45) is 0 Å². The maximum Gasteiger partial charge on any atom is 0.338 e. The molecule has 0 N–H and O–H groups in total. The van der Waals surface area contributed by atoms with Crippen LogP contribution in [-0.2, 0) is 9.53 Å². The third kappa shape index (κ3) is 3.85. The van der Waals surface area contributed by atoms with Crippen molar-refractivity contribution >= 4 is 11.9 Å². The zero-order valence-corrected chi connectivity index (χ0v) is 12.7. The van der Waals surface area contributed by atoms with Crippen LogP contribution < -0.4 is 0 Å². The first-order valence-electron chi connectivity index (χ1n) is 7.62. The first-order valence-corrected chi connectivity index (χ1v) is 7.62. The van der Waals surface area contributed by atoms with Gasteiger partial charge in [-0.2, -0.15) is 5.26 Å². The predicted molar refractivity (Wildman–Crippen MR) is 81.1 cm³/mol. The number of hydrogen-bond donors (Lipinski definition) is 0. The third-order valence-electron chi connectivity index (χ3n) is 3.97. The molecule has 1 amide bonds. The van der Waals surface area contributed by atoms with Crippen LogP contribution in [0.4, 0.5) is 0 Å². The topological polar surface area (TPSA) is 70.4 Å². The van der Waals surface area contributed by atoms with Crippen molar-refractivity contribution in [2.45, 2.75) is 38.6 Å². The summed E-state index contributed by atoms with van der Waals surface area (Å²) in [5.41, 5.74) is 0.681. The Labute approximate surface area is 130 Å². The lowest BCUT2D eigenvalue weighted by Crippen LogP contribution is -2.45.